The van der Waals surface area contributed by atoms with Gasteiger partial charge in [-0.2, -0.15) is 0 Å². The summed E-state index contributed by atoms with van der Waals surface area (Å²) < 4.78 is 9.96. The lowest BCUT2D eigenvalue weighted by atomic mass is 10.0. The van der Waals surface area contributed by atoms with Crippen molar-refractivity contribution in [1.82, 2.24) is 0 Å². The number of Topliss-reactive ketones (excluding diaryl/α,β-unsaturated/α-hetero) is 1. The lowest BCUT2D eigenvalue weighted by Crippen LogP contribution is -2.35. The number of carbonyl (C=O) groups excluding carboxylic acids is 2. The smallest absolute Gasteiger partial charge is 0.316 e. The van der Waals surface area contributed by atoms with E-state index in [9.17, 15) is 9.59 Å². The van der Waals surface area contributed by atoms with Gasteiger partial charge in [0.25, 0.3) is 0 Å². The topological polar surface area (TPSA) is 52.6 Å². The normalized spacial score (nSPS) is 15.6. The van der Waals surface area contributed by atoms with Crippen LogP contribution in [0.5, 0.6) is 0 Å². The molecule has 0 spiro atoms. The molecule has 0 bridgehead atoms. The third kappa shape index (κ3) is 4.93. The Morgan fingerprint density at radius 3 is 1.93 bits per heavy atom. The molecule has 0 radical (unpaired) electrons. The SMILES string of the molecule is COC(C)C(=O)C(C)C(=O)OC(C)(C)C. The summed E-state index contributed by atoms with van der Waals surface area (Å²) in [6, 6.07) is 0. The van der Waals surface area contributed by atoms with Gasteiger partial charge in [-0.25, -0.2) is 0 Å². The van der Waals surface area contributed by atoms with Crippen molar-refractivity contribution in [3.63, 3.8) is 0 Å². The average Bonchev–Trinajstić information content (AvgIpc) is 2.11. The number of carbonyl (C=O) groups is 2. The fraction of sp³-hybridized carbons (Fsp3) is 0.818. The molecule has 4 heteroatoms. The van der Waals surface area contributed by atoms with Crippen LogP contribution in [0, 0.1) is 5.92 Å². The van der Waals surface area contributed by atoms with E-state index in [1.165, 1.54) is 14.0 Å². The zero-order valence-electron chi connectivity index (χ0n) is 10.3. The highest BCUT2D eigenvalue weighted by atomic mass is 16.6. The van der Waals surface area contributed by atoms with Crippen LogP contribution in [-0.4, -0.2) is 30.6 Å². The van der Waals surface area contributed by atoms with Crippen LogP contribution in [-0.2, 0) is 19.1 Å². The van der Waals surface area contributed by atoms with Gasteiger partial charge in [0.1, 0.15) is 17.6 Å². The van der Waals surface area contributed by atoms with Crippen molar-refractivity contribution in [1.29, 1.82) is 0 Å². The van der Waals surface area contributed by atoms with Gasteiger partial charge in [-0.1, -0.05) is 0 Å². The van der Waals surface area contributed by atoms with E-state index < -0.39 is 23.6 Å². The van der Waals surface area contributed by atoms with E-state index in [1.54, 1.807) is 27.7 Å². The first kappa shape index (κ1) is 14.1. The summed E-state index contributed by atoms with van der Waals surface area (Å²) in [6.07, 6.45) is -0.576. The lowest BCUT2D eigenvalue weighted by Gasteiger charge is -2.22. The molecule has 15 heavy (non-hydrogen) atoms. The summed E-state index contributed by atoms with van der Waals surface area (Å²) in [5.74, 6) is -1.54. The third-order valence-electron chi connectivity index (χ3n) is 1.94. The number of rotatable bonds is 4. The van der Waals surface area contributed by atoms with Gasteiger partial charge in [0.2, 0.25) is 0 Å². The maximum Gasteiger partial charge on any atom is 0.316 e. The Balaban J connectivity index is 4.39. The van der Waals surface area contributed by atoms with E-state index in [-0.39, 0.29) is 5.78 Å². The van der Waals surface area contributed by atoms with Gasteiger partial charge >= 0.3 is 5.97 Å². The Kier molecular flexibility index (Phi) is 4.94. The Morgan fingerprint density at radius 1 is 1.13 bits per heavy atom. The number of methoxy groups -OCH3 is 1. The summed E-state index contributed by atoms with van der Waals surface area (Å²) >= 11 is 0. The summed E-state index contributed by atoms with van der Waals surface area (Å²) in [4.78, 5) is 23.1. The lowest BCUT2D eigenvalue weighted by molar-refractivity contribution is -0.163. The van der Waals surface area contributed by atoms with Gasteiger partial charge in [0.15, 0.2) is 5.78 Å². The van der Waals surface area contributed by atoms with E-state index in [4.69, 9.17) is 9.47 Å². The maximum absolute atomic E-state index is 11.6. The van der Waals surface area contributed by atoms with Crippen LogP contribution in [0.1, 0.15) is 34.6 Å². The average molecular weight is 216 g/mol. The molecule has 0 fully saturated rings. The molecule has 0 N–H and O–H groups in total. The van der Waals surface area contributed by atoms with Crippen LogP contribution < -0.4 is 0 Å². The molecule has 88 valence electrons. The highest BCUT2D eigenvalue weighted by molar-refractivity contribution is 6.00. The first-order valence-electron chi connectivity index (χ1n) is 4.98. The van der Waals surface area contributed by atoms with Crippen LogP contribution in [0.2, 0.25) is 0 Å². The zero-order chi connectivity index (χ0) is 12.2. The standard InChI is InChI=1S/C11H20O4/c1-7(9(12)8(2)14-6)10(13)15-11(3,4)5/h7-8H,1-6H3. The van der Waals surface area contributed by atoms with Crippen LogP contribution in [0.15, 0.2) is 0 Å². The minimum Gasteiger partial charge on any atom is -0.459 e. The van der Waals surface area contributed by atoms with Crippen molar-refractivity contribution in [3.8, 4) is 0 Å². The second kappa shape index (κ2) is 5.26. The van der Waals surface area contributed by atoms with Gasteiger partial charge in [0, 0.05) is 7.11 Å². The van der Waals surface area contributed by atoms with Gasteiger partial charge in [0.05, 0.1) is 0 Å². The minimum atomic E-state index is -0.779. The molecule has 0 aromatic carbocycles. The van der Waals surface area contributed by atoms with E-state index in [0.717, 1.165) is 0 Å². The highest BCUT2D eigenvalue weighted by Gasteiger charge is 2.29. The van der Waals surface area contributed by atoms with Crippen molar-refractivity contribution in [3.05, 3.63) is 0 Å². The van der Waals surface area contributed by atoms with Gasteiger partial charge in [-0.15, -0.1) is 0 Å². The summed E-state index contributed by atoms with van der Waals surface area (Å²) in [5.41, 5.74) is -0.568. The molecule has 0 aliphatic carbocycles. The largest absolute Gasteiger partial charge is 0.459 e. The first-order valence-corrected chi connectivity index (χ1v) is 4.98. The van der Waals surface area contributed by atoms with E-state index in [2.05, 4.69) is 0 Å². The number of hydrogen-bond donors (Lipinski definition) is 0. The number of ether oxygens (including phenoxy) is 2. The fourth-order valence-corrected chi connectivity index (χ4v) is 0.975. The van der Waals surface area contributed by atoms with Crippen LogP contribution in [0.3, 0.4) is 0 Å². The van der Waals surface area contributed by atoms with Crippen LogP contribution in [0.25, 0.3) is 0 Å². The first-order chi connectivity index (χ1) is 6.69. The molecule has 0 rings (SSSR count). The highest BCUT2D eigenvalue weighted by Crippen LogP contribution is 2.13. The molecule has 0 saturated carbocycles. The second-order valence-corrected chi connectivity index (χ2v) is 4.54. The Morgan fingerprint density at radius 2 is 1.60 bits per heavy atom. The van der Waals surface area contributed by atoms with Crippen molar-refractivity contribution in [2.75, 3.05) is 7.11 Å². The van der Waals surface area contributed by atoms with Crippen molar-refractivity contribution in [2.45, 2.75) is 46.3 Å². The van der Waals surface area contributed by atoms with Crippen LogP contribution in [0.4, 0.5) is 0 Å². The Hall–Kier alpha value is -0.900. The Labute approximate surface area is 90.9 Å². The van der Waals surface area contributed by atoms with Crippen LogP contribution >= 0.6 is 0 Å². The number of ketones is 1. The summed E-state index contributed by atoms with van der Waals surface area (Å²) in [5, 5.41) is 0. The van der Waals surface area contributed by atoms with Gasteiger partial charge in [-0.05, 0) is 34.6 Å². The molecule has 2 atom stereocenters. The molecule has 0 aromatic rings. The number of esters is 1. The second-order valence-electron chi connectivity index (χ2n) is 4.54. The number of hydrogen-bond acceptors (Lipinski definition) is 4. The predicted molar refractivity (Wildman–Crippen MR) is 56.5 cm³/mol. The summed E-state index contributed by atoms with van der Waals surface area (Å²) in [7, 11) is 1.43. The maximum atomic E-state index is 11.6. The molecule has 0 saturated heterocycles. The van der Waals surface area contributed by atoms with Gasteiger partial charge in [-0.3, -0.25) is 9.59 Å². The molecule has 0 aliphatic heterocycles. The zero-order valence-corrected chi connectivity index (χ0v) is 10.3. The van der Waals surface area contributed by atoms with E-state index >= 15 is 0 Å². The van der Waals surface area contributed by atoms with Gasteiger partial charge < -0.3 is 9.47 Å². The quantitative estimate of drug-likeness (QED) is 0.528. The molecule has 0 heterocycles. The molecular weight excluding hydrogens is 196 g/mol. The van der Waals surface area contributed by atoms with E-state index in [1.807, 2.05) is 0 Å². The monoisotopic (exact) mass is 216 g/mol. The molecular formula is C11H20O4. The van der Waals surface area contributed by atoms with Crippen molar-refractivity contribution in [2.24, 2.45) is 5.92 Å². The predicted octanol–water partition coefficient (Wildman–Crippen LogP) is 1.57. The molecule has 0 aliphatic rings. The molecule has 0 amide bonds. The minimum absolute atomic E-state index is 0.258. The third-order valence-corrected chi connectivity index (χ3v) is 1.94. The van der Waals surface area contributed by atoms with Crippen molar-refractivity contribution >= 4 is 11.8 Å². The van der Waals surface area contributed by atoms with Crippen molar-refractivity contribution < 1.29 is 19.1 Å². The molecule has 4 nitrogen and oxygen atoms in total. The Bertz CT molecular complexity index is 239. The molecule has 2 unspecified atom stereocenters. The summed E-state index contributed by atoms with van der Waals surface area (Å²) in [6.45, 7) is 8.45. The van der Waals surface area contributed by atoms with E-state index in [0.29, 0.717) is 0 Å². The molecule has 0 aromatic heterocycles. The fourth-order valence-electron chi connectivity index (χ4n) is 0.975.